The van der Waals surface area contributed by atoms with E-state index in [4.69, 9.17) is 15.3 Å². The van der Waals surface area contributed by atoms with Crippen LogP contribution in [0.3, 0.4) is 0 Å². The Morgan fingerprint density at radius 2 is 2.09 bits per heavy atom. The molecule has 0 saturated carbocycles. The lowest BCUT2D eigenvalue weighted by atomic mass is 10.2. The molecule has 1 heterocycles. The number of esters is 1. The fourth-order valence-electron chi connectivity index (χ4n) is 0.793. The molecule has 11 heavy (non-hydrogen) atoms. The minimum Gasteiger partial charge on any atom is -0.505 e. The Hall–Kier alpha value is -1.23. The van der Waals surface area contributed by atoms with Crippen molar-refractivity contribution in [3.05, 3.63) is 11.5 Å². The van der Waals surface area contributed by atoms with E-state index in [0.29, 0.717) is 0 Å². The lowest BCUT2D eigenvalue weighted by molar-refractivity contribution is -0.146. The average molecular weight is 160 g/mol. The van der Waals surface area contributed by atoms with E-state index in [9.17, 15) is 4.79 Å². The molecule has 0 aromatic rings. The van der Waals surface area contributed by atoms with Crippen molar-refractivity contribution < 1.29 is 24.9 Å². The first kappa shape index (κ1) is 7.87. The lowest BCUT2D eigenvalue weighted by Crippen LogP contribution is -2.25. The van der Waals surface area contributed by atoms with Gasteiger partial charge in [-0.1, -0.05) is 0 Å². The fraction of sp³-hybridized carbons (Fsp3) is 0.500. The summed E-state index contributed by atoms with van der Waals surface area (Å²) in [6.45, 7) is 1.34. The molecule has 2 atom stereocenters. The maximum Gasteiger partial charge on any atom is 0.377 e. The molecule has 0 bridgehead atoms. The number of carbonyl (C=O) groups is 1. The molecular formula is C6H8O5. The van der Waals surface area contributed by atoms with Crippen LogP contribution in [0.15, 0.2) is 11.5 Å². The van der Waals surface area contributed by atoms with Crippen molar-refractivity contribution in [1.82, 2.24) is 0 Å². The smallest absolute Gasteiger partial charge is 0.377 e. The van der Waals surface area contributed by atoms with Crippen LogP contribution >= 0.6 is 0 Å². The molecule has 1 aliphatic rings. The molecule has 1 rings (SSSR count). The molecule has 0 spiro atoms. The Bertz CT molecular complexity index is 217. The van der Waals surface area contributed by atoms with Crippen LogP contribution in [0.2, 0.25) is 0 Å². The van der Waals surface area contributed by atoms with Crippen molar-refractivity contribution in [2.75, 3.05) is 0 Å². The first-order valence-corrected chi connectivity index (χ1v) is 3.05. The van der Waals surface area contributed by atoms with Gasteiger partial charge < -0.3 is 20.1 Å². The predicted octanol–water partition coefficient (Wildman–Crippen LogP) is -0.380. The van der Waals surface area contributed by atoms with Crippen molar-refractivity contribution in [3.8, 4) is 0 Å². The second-order valence-electron chi connectivity index (χ2n) is 2.30. The molecule has 0 aliphatic carbocycles. The summed E-state index contributed by atoms with van der Waals surface area (Å²) in [6.07, 6.45) is -2.15. The summed E-state index contributed by atoms with van der Waals surface area (Å²) in [5.74, 6) is -2.44. The maximum atomic E-state index is 10.5. The molecule has 0 amide bonds. The SMILES string of the molecule is C[C@H](O)[C@H]1OC(=O)C(O)=C1O. The van der Waals surface area contributed by atoms with Crippen molar-refractivity contribution in [3.63, 3.8) is 0 Å². The number of carbonyl (C=O) groups excluding carboxylic acids is 1. The van der Waals surface area contributed by atoms with Crippen LogP contribution in [-0.4, -0.2) is 33.5 Å². The highest BCUT2D eigenvalue weighted by Gasteiger charge is 2.37. The Labute approximate surface area is 62.5 Å². The number of hydrogen-bond donors (Lipinski definition) is 3. The third-order valence-electron chi connectivity index (χ3n) is 1.38. The van der Waals surface area contributed by atoms with Crippen LogP contribution < -0.4 is 0 Å². The summed E-state index contributed by atoms with van der Waals surface area (Å²) in [5, 5.41) is 26.5. The van der Waals surface area contributed by atoms with E-state index >= 15 is 0 Å². The number of rotatable bonds is 1. The molecule has 3 N–H and O–H groups in total. The van der Waals surface area contributed by atoms with Gasteiger partial charge in [-0.25, -0.2) is 4.79 Å². The molecule has 5 heteroatoms. The topological polar surface area (TPSA) is 87.0 Å². The second kappa shape index (κ2) is 2.43. The first-order valence-electron chi connectivity index (χ1n) is 3.05. The third kappa shape index (κ3) is 1.14. The zero-order chi connectivity index (χ0) is 8.59. The Morgan fingerprint density at radius 3 is 2.27 bits per heavy atom. The fourth-order valence-corrected chi connectivity index (χ4v) is 0.793. The van der Waals surface area contributed by atoms with Crippen molar-refractivity contribution in [2.45, 2.75) is 19.1 Å². The van der Waals surface area contributed by atoms with Crippen molar-refractivity contribution in [1.29, 1.82) is 0 Å². The van der Waals surface area contributed by atoms with Gasteiger partial charge in [-0.2, -0.15) is 0 Å². The highest BCUT2D eigenvalue weighted by molar-refractivity contribution is 5.89. The summed E-state index contributed by atoms with van der Waals surface area (Å²) >= 11 is 0. The molecule has 0 aromatic heterocycles. The molecule has 0 radical (unpaired) electrons. The second-order valence-corrected chi connectivity index (χ2v) is 2.30. The van der Waals surface area contributed by atoms with Crippen LogP contribution in [0.5, 0.6) is 0 Å². The summed E-state index contributed by atoms with van der Waals surface area (Å²) in [6, 6.07) is 0. The average Bonchev–Trinajstić information content (AvgIpc) is 2.17. The Kier molecular flexibility index (Phi) is 1.74. The van der Waals surface area contributed by atoms with Crippen molar-refractivity contribution in [2.24, 2.45) is 0 Å². The summed E-state index contributed by atoms with van der Waals surface area (Å²) in [4.78, 5) is 10.5. The number of aliphatic hydroxyl groups excluding tert-OH is 3. The molecule has 0 unspecified atom stereocenters. The monoisotopic (exact) mass is 160 g/mol. The standard InChI is InChI=1S/C6H8O5/c1-2(7)5-3(8)4(9)6(10)11-5/h2,5,7-9H,1H3/t2-,5+/m0/s1. The number of ether oxygens (including phenoxy) is 1. The van der Waals surface area contributed by atoms with E-state index in [-0.39, 0.29) is 0 Å². The van der Waals surface area contributed by atoms with Gasteiger partial charge in [0.2, 0.25) is 5.76 Å². The van der Waals surface area contributed by atoms with Gasteiger partial charge >= 0.3 is 5.97 Å². The predicted molar refractivity (Wildman–Crippen MR) is 33.8 cm³/mol. The zero-order valence-electron chi connectivity index (χ0n) is 5.81. The highest BCUT2D eigenvalue weighted by atomic mass is 16.6. The molecule has 1 aliphatic heterocycles. The van der Waals surface area contributed by atoms with Gasteiger partial charge in [0.1, 0.15) is 0 Å². The molecule has 0 aromatic carbocycles. The normalized spacial score (nSPS) is 27.1. The summed E-state index contributed by atoms with van der Waals surface area (Å²) in [5.41, 5.74) is 0. The number of hydrogen-bond acceptors (Lipinski definition) is 5. The van der Waals surface area contributed by atoms with Gasteiger partial charge in [0.15, 0.2) is 11.9 Å². The van der Waals surface area contributed by atoms with Crippen LogP contribution in [0.4, 0.5) is 0 Å². The molecule has 5 nitrogen and oxygen atoms in total. The van der Waals surface area contributed by atoms with E-state index < -0.39 is 29.7 Å². The van der Waals surface area contributed by atoms with E-state index in [2.05, 4.69) is 4.74 Å². The van der Waals surface area contributed by atoms with E-state index in [0.717, 1.165) is 0 Å². The molecular weight excluding hydrogens is 152 g/mol. The van der Waals surface area contributed by atoms with Crippen LogP contribution in [-0.2, 0) is 9.53 Å². The van der Waals surface area contributed by atoms with Crippen LogP contribution in [0.1, 0.15) is 6.92 Å². The van der Waals surface area contributed by atoms with E-state index in [1.807, 2.05) is 0 Å². The summed E-state index contributed by atoms with van der Waals surface area (Å²) in [7, 11) is 0. The molecule has 0 saturated heterocycles. The van der Waals surface area contributed by atoms with E-state index in [1.165, 1.54) is 6.92 Å². The minimum atomic E-state index is -1.12. The maximum absolute atomic E-state index is 10.5. The lowest BCUT2D eigenvalue weighted by Gasteiger charge is -2.11. The van der Waals surface area contributed by atoms with Crippen LogP contribution in [0.25, 0.3) is 0 Å². The van der Waals surface area contributed by atoms with Gasteiger partial charge in [-0.3, -0.25) is 0 Å². The van der Waals surface area contributed by atoms with Crippen LogP contribution in [0, 0.1) is 0 Å². The zero-order valence-corrected chi connectivity index (χ0v) is 5.81. The quantitative estimate of drug-likeness (QED) is 0.455. The minimum absolute atomic E-state index is 0.606. The summed E-state index contributed by atoms with van der Waals surface area (Å²) < 4.78 is 4.38. The van der Waals surface area contributed by atoms with Gasteiger partial charge in [-0.05, 0) is 6.92 Å². The third-order valence-corrected chi connectivity index (χ3v) is 1.38. The molecule has 0 fully saturated rings. The molecule has 62 valence electrons. The first-order chi connectivity index (χ1) is 5.04. The Morgan fingerprint density at radius 1 is 1.55 bits per heavy atom. The van der Waals surface area contributed by atoms with Gasteiger partial charge in [-0.15, -0.1) is 0 Å². The van der Waals surface area contributed by atoms with Gasteiger partial charge in [0, 0.05) is 0 Å². The van der Waals surface area contributed by atoms with Crippen molar-refractivity contribution >= 4 is 5.97 Å². The Balaban J connectivity index is 2.86. The number of cyclic esters (lactones) is 1. The van der Waals surface area contributed by atoms with Gasteiger partial charge in [0.25, 0.3) is 0 Å². The highest BCUT2D eigenvalue weighted by Crippen LogP contribution is 2.20. The van der Waals surface area contributed by atoms with E-state index in [1.54, 1.807) is 0 Å². The van der Waals surface area contributed by atoms with Gasteiger partial charge in [0.05, 0.1) is 6.10 Å². The number of aliphatic hydroxyl groups is 3. The largest absolute Gasteiger partial charge is 0.505 e.